The summed E-state index contributed by atoms with van der Waals surface area (Å²) in [6.45, 7) is 4.07. The largest absolute Gasteiger partial charge is 0.494 e. The Labute approximate surface area is 185 Å². The molecule has 9 heteroatoms. The molecule has 0 aliphatic carbocycles. The number of benzene rings is 2. The van der Waals surface area contributed by atoms with Crippen molar-refractivity contribution in [2.75, 3.05) is 13.4 Å². The van der Waals surface area contributed by atoms with E-state index in [9.17, 15) is 8.42 Å². The molecule has 1 aromatic heterocycles. The molecule has 6 nitrogen and oxygen atoms in total. The van der Waals surface area contributed by atoms with Crippen LogP contribution in [0.4, 0.5) is 0 Å². The van der Waals surface area contributed by atoms with Crippen LogP contribution in [0.15, 0.2) is 52.2 Å². The average Bonchev–Trinajstić information content (AvgIpc) is 3.15. The molecule has 0 aliphatic rings. The maximum Gasteiger partial charge on any atom is 0.200 e. The molecule has 0 atom stereocenters. The van der Waals surface area contributed by atoms with Gasteiger partial charge in [0.05, 0.1) is 17.2 Å². The van der Waals surface area contributed by atoms with Gasteiger partial charge in [-0.05, 0) is 35.4 Å². The van der Waals surface area contributed by atoms with Crippen LogP contribution in [0.3, 0.4) is 0 Å². The third kappa shape index (κ3) is 4.58. The highest BCUT2D eigenvalue weighted by atomic mass is 35.5. The minimum Gasteiger partial charge on any atom is -0.494 e. The van der Waals surface area contributed by atoms with Crippen molar-refractivity contribution in [3.8, 4) is 11.5 Å². The smallest absolute Gasteiger partial charge is 0.200 e. The summed E-state index contributed by atoms with van der Waals surface area (Å²) in [7, 11) is -1.96. The average molecular weight is 470 g/mol. The Kier molecular flexibility index (Phi) is 6.36. The summed E-state index contributed by atoms with van der Waals surface area (Å²) in [5, 5.41) is 0.775. The molecule has 3 rings (SSSR count). The van der Waals surface area contributed by atoms with E-state index < -0.39 is 9.84 Å². The van der Waals surface area contributed by atoms with Crippen LogP contribution >= 0.6 is 23.2 Å². The molecule has 2 aromatic carbocycles. The molecule has 0 bridgehead atoms. The van der Waals surface area contributed by atoms with Gasteiger partial charge < -0.3 is 13.9 Å². The van der Waals surface area contributed by atoms with E-state index in [1.165, 1.54) is 7.11 Å². The zero-order valence-electron chi connectivity index (χ0n) is 16.9. The number of nitrogens with zero attached hydrogens (tertiary/aromatic N) is 1. The molecule has 0 saturated heterocycles. The van der Waals surface area contributed by atoms with Gasteiger partial charge in [0, 0.05) is 11.7 Å². The highest BCUT2D eigenvalue weighted by Crippen LogP contribution is 2.40. The Bertz CT molecular complexity index is 1130. The van der Waals surface area contributed by atoms with Crippen LogP contribution in [0, 0.1) is 0 Å². The van der Waals surface area contributed by atoms with Crippen LogP contribution in [0.5, 0.6) is 11.5 Å². The number of sulfone groups is 1. The predicted molar refractivity (Wildman–Crippen MR) is 116 cm³/mol. The number of hydrogen-bond donors (Lipinski definition) is 0. The first-order chi connectivity index (χ1) is 14.0. The number of oxazole rings is 1. The van der Waals surface area contributed by atoms with Crippen molar-refractivity contribution in [1.82, 2.24) is 4.98 Å². The van der Waals surface area contributed by atoms with Crippen molar-refractivity contribution in [3.05, 3.63) is 69.7 Å². The summed E-state index contributed by atoms with van der Waals surface area (Å²) in [6.07, 6.45) is 2.16. The van der Waals surface area contributed by atoms with Crippen molar-refractivity contribution in [2.24, 2.45) is 0 Å². The molecule has 0 aliphatic heterocycles. The summed E-state index contributed by atoms with van der Waals surface area (Å²) >= 11 is 12.6. The first-order valence-corrected chi connectivity index (χ1v) is 11.6. The minimum atomic E-state index is -3.48. The van der Waals surface area contributed by atoms with E-state index in [2.05, 4.69) is 18.8 Å². The quantitative estimate of drug-likeness (QED) is 0.467. The lowest BCUT2D eigenvalue weighted by Crippen LogP contribution is -2.19. The first kappa shape index (κ1) is 22.5. The van der Waals surface area contributed by atoms with Crippen molar-refractivity contribution < 1.29 is 22.3 Å². The molecular formula is C21H21Cl2NO5S. The number of methoxy groups -OCH3 is 1. The fourth-order valence-corrected chi connectivity index (χ4v) is 4.45. The molecule has 0 unspecified atom stereocenters. The first-order valence-electron chi connectivity index (χ1n) is 8.93. The van der Waals surface area contributed by atoms with E-state index >= 15 is 0 Å². The molecule has 160 valence electrons. The van der Waals surface area contributed by atoms with Crippen LogP contribution in [0.1, 0.15) is 30.7 Å². The summed E-state index contributed by atoms with van der Waals surface area (Å²) in [6, 6.07) is 11.2. The number of halogens is 2. The third-order valence-electron chi connectivity index (χ3n) is 4.82. The van der Waals surface area contributed by atoms with Crippen molar-refractivity contribution in [1.29, 1.82) is 0 Å². The van der Waals surface area contributed by atoms with Gasteiger partial charge in [-0.25, -0.2) is 13.4 Å². The van der Waals surface area contributed by atoms with Crippen molar-refractivity contribution in [3.63, 3.8) is 0 Å². The lowest BCUT2D eigenvalue weighted by Gasteiger charge is -2.27. The number of ether oxygens (including phenoxy) is 2. The van der Waals surface area contributed by atoms with Gasteiger partial charge in [-0.3, -0.25) is 0 Å². The lowest BCUT2D eigenvalue weighted by molar-refractivity contribution is 0.265. The normalized spacial score (nSPS) is 12.1. The zero-order chi connectivity index (χ0) is 22.1. The van der Waals surface area contributed by atoms with Gasteiger partial charge >= 0.3 is 0 Å². The van der Waals surface area contributed by atoms with E-state index in [-0.39, 0.29) is 22.8 Å². The Morgan fingerprint density at radius 2 is 1.67 bits per heavy atom. The maximum atomic E-state index is 11.7. The van der Waals surface area contributed by atoms with Gasteiger partial charge in [0.1, 0.15) is 12.4 Å². The molecule has 0 saturated carbocycles. The number of rotatable bonds is 7. The third-order valence-corrected chi connectivity index (χ3v) is 6.42. The molecule has 30 heavy (non-hydrogen) atoms. The Morgan fingerprint density at radius 1 is 1.07 bits per heavy atom. The standard InChI is InChI=1S/C21H21Cl2NO5S/c1-21(2,14-9-16(22)19(27-3)17(23)10-14)13-5-7-15(8-6-13)28-11-18-20(24-12-29-18)30(4,25)26/h5-10,12H,11H2,1-4H3. The molecule has 3 aromatic rings. The van der Waals surface area contributed by atoms with E-state index in [1.54, 1.807) is 12.1 Å². The Hall–Kier alpha value is -2.22. The fraction of sp³-hybridized carbons (Fsp3) is 0.286. The second-order valence-electron chi connectivity index (χ2n) is 7.26. The molecule has 0 fully saturated rings. The summed E-state index contributed by atoms with van der Waals surface area (Å²) in [5.74, 6) is 1.17. The van der Waals surface area contributed by atoms with Gasteiger partial charge in [-0.2, -0.15) is 0 Å². The van der Waals surface area contributed by atoms with Crippen LogP contribution in [0.2, 0.25) is 10.0 Å². The zero-order valence-corrected chi connectivity index (χ0v) is 19.2. The number of hydrogen-bond acceptors (Lipinski definition) is 6. The highest BCUT2D eigenvalue weighted by molar-refractivity contribution is 7.90. The highest BCUT2D eigenvalue weighted by Gasteiger charge is 2.26. The summed E-state index contributed by atoms with van der Waals surface area (Å²) < 4.78 is 39.4. The van der Waals surface area contributed by atoms with E-state index in [0.29, 0.717) is 21.5 Å². The van der Waals surface area contributed by atoms with Crippen LogP contribution in [0.25, 0.3) is 0 Å². The predicted octanol–water partition coefficient (Wildman–Crippen LogP) is 5.30. The minimum absolute atomic E-state index is 0.0468. The molecule has 0 spiro atoms. The fourth-order valence-electron chi connectivity index (χ4n) is 3.06. The van der Waals surface area contributed by atoms with Gasteiger partial charge in [-0.1, -0.05) is 49.2 Å². The van der Waals surface area contributed by atoms with Crippen molar-refractivity contribution in [2.45, 2.75) is 30.9 Å². The lowest BCUT2D eigenvalue weighted by atomic mass is 9.78. The molecule has 0 N–H and O–H groups in total. The SMILES string of the molecule is COc1c(Cl)cc(C(C)(C)c2ccc(OCc3ocnc3S(C)(=O)=O)cc2)cc1Cl. The molecule has 0 radical (unpaired) electrons. The second-order valence-corrected chi connectivity index (χ2v) is 10.0. The van der Waals surface area contributed by atoms with Crippen LogP contribution < -0.4 is 9.47 Å². The number of aromatic nitrogens is 1. The summed E-state index contributed by atoms with van der Waals surface area (Å²) in [5.41, 5.74) is 1.57. The van der Waals surface area contributed by atoms with E-state index in [4.69, 9.17) is 37.1 Å². The second kappa shape index (κ2) is 8.49. The maximum absolute atomic E-state index is 11.7. The topological polar surface area (TPSA) is 78.6 Å². The summed E-state index contributed by atoms with van der Waals surface area (Å²) in [4.78, 5) is 3.74. The van der Waals surface area contributed by atoms with Crippen molar-refractivity contribution >= 4 is 33.0 Å². The van der Waals surface area contributed by atoms with E-state index in [1.807, 2.05) is 24.3 Å². The Morgan fingerprint density at radius 3 is 2.20 bits per heavy atom. The van der Waals surface area contributed by atoms with Gasteiger partial charge in [0.25, 0.3) is 0 Å². The Balaban J connectivity index is 1.79. The molecule has 0 amide bonds. The molecular weight excluding hydrogens is 449 g/mol. The van der Waals surface area contributed by atoms with Gasteiger partial charge in [0.2, 0.25) is 0 Å². The van der Waals surface area contributed by atoms with Gasteiger partial charge in [0.15, 0.2) is 32.8 Å². The van der Waals surface area contributed by atoms with Gasteiger partial charge in [-0.15, -0.1) is 0 Å². The molecule has 1 heterocycles. The van der Waals surface area contributed by atoms with Crippen LogP contribution in [-0.4, -0.2) is 26.8 Å². The van der Waals surface area contributed by atoms with Crippen LogP contribution in [-0.2, 0) is 21.9 Å². The monoisotopic (exact) mass is 469 g/mol. The van der Waals surface area contributed by atoms with E-state index in [0.717, 1.165) is 23.8 Å².